The maximum Gasteiger partial charge on any atom is 0.573 e. The smallest absolute Gasteiger partial charge is 0.406 e. The van der Waals surface area contributed by atoms with E-state index in [1.165, 1.54) is 47.0 Å². The minimum atomic E-state index is -4.76. The first kappa shape index (κ1) is 32.2. The molecule has 45 heavy (non-hydrogen) atoms. The van der Waals surface area contributed by atoms with Crippen LogP contribution in [0.4, 0.5) is 18.9 Å². The topological polar surface area (TPSA) is 84.6 Å². The minimum Gasteiger partial charge on any atom is -0.406 e. The van der Waals surface area contributed by atoms with E-state index in [9.17, 15) is 18.0 Å². The SMILES string of the molecule is Cc1ccc(C(C)C)c(N2C(=O)CSC2=NC(=S)NC(C)Cc2cccc(-c3ncn(-c4ccc(OC(F)(F)F)cc4)n3)c2)c1. The molecule has 1 unspecified atom stereocenters. The molecule has 8 nitrogen and oxygen atoms in total. The summed E-state index contributed by atoms with van der Waals surface area (Å²) < 4.78 is 42.8. The molecular weight excluding hydrogens is 622 g/mol. The lowest BCUT2D eigenvalue weighted by Crippen LogP contribution is -2.35. The molecule has 1 fully saturated rings. The summed E-state index contributed by atoms with van der Waals surface area (Å²) in [6.07, 6.45) is -2.63. The number of anilines is 1. The second-order valence-electron chi connectivity index (χ2n) is 10.9. The van der Waals surface area contributed by atoms with Gasteiger partial charge in [0, 0.05) is 11.6 Å². The molecule has 0 bridgehead atoms. The van der Waals surface area contributed by atoms with E-state index < -0.39 is 6.36 Å². The Morgan fingerprint density at radius 2 is 1.87 bits per heavy atom. The number of carbonyl (C=O) groups is 1. The molecule has 1 amide bonds. The fraction of sp³-hybridized carbons (Fsp3) is 0.281. The Labute approximate surface area is 268 Å². The van der Waals surface area contributed by atoms with Gasteiger partial charge in [0.05, 0.1) is 17.1 Å². The van der Waals surface area contributed by atoms with Gasteiger partial charge < -0.3 is 10.1 Å². The molecule has 1 aromatic heterocycles. The quantitative estimate of drug-likeness (QED) is 0.202. The number of amidine groups is 1. The van der Waals surface area contributed by atoms with Crippen LogP contribution < -0.4 is 15.0 Å². The summed E-state index contributed by atoms with van der Waals surface area (Å²) in [5, 5.41) is 8.62. The third kappa shape index (κ3) is 8.08. The van der Waals surface area contributed by atoms with E-state index >= 15 is 0 Å². The Hall–Kier alpha value is -4.23. The Balaban J connectivity index is 1.24. The van der Waals surface area contributed by atoms with Crippen LogP contribution in [0.5, 0.6) is 5.75 Å². The number of amides is 1. The van der Waals surface area contributed by atoms with Crippen molar-refractivity contribution >= 4 is 45.9 Å². The fourth-order valence-electron chi connectivity index (χ4n) is 4.91. The number of benzene rings is 3. The number of thiocarbonyl (C=S) groups is 1. The number of alkyl halides is 3. The summed E-state index contributed by atoms with van der Waals surface area (Å²) in [5.41, 5.74) is 5.32. The standard InChI is InChI=1S/C32H31F3N6O2S2/c1-19(2)26-13-8-20(3)14-27(26)41-28(42)17-45-31(41)38-30(44)37-21(4)15-22-6-5-7-23(16-22)29-36-18-40(39-29)24-9-11-25(12-10-24)43-32(33,34)35/h5-14,16,18-19,21H,15,17H2,1-4H3,(H,37,44). The summed E-state index contributed by atoms with van der Waals surface area (Å²) in [6.45, 7) is 8.20. The summed E-state index contributed by atoms with van der Waals surface area (Å²) in [5.74, 6) is 0.666. The van der Waals surface area contributed by atoms with Gasteiger partial charge >= 0.3 is 6.36 Å². The zero-order valence-corrected chi connectivity index (χ0v) is 26.6. The monoisotopic (exact) mass is 652 g/mol. The number of nitrogens with one attached hydrogen (secondary N) is 1. The lowest BCUT2D eigenvalue weighted by Gasteiger charge is -2.22. The maximum atomic E-state index is 12.9. The largest absolute Gasteiger partial charge is 0.573 e. The number of aliphatic imine (C=N–C) groups is 1. The first-order valence-electron chi connectivity index (χ1n) is 14.2. The highest BCUT2D eigenvalue weighted by Crippen LogP contribution is 2.34. The summed E-state index contributed by atoms with van der Waals surface area (Å²) in [6, 6.07) is 19.2. The number of hydrogen-bond acceptors (Lipinski definition) is 6. The minimum absolute atomic E-state index is 0.0255. The number of carbonyl (C=O) groups excluding carboxylic acids is 1. The molecule has 1 N–H and O–H groups in total. The molecule has 234 valence electrons. The van der Waals surface area contributed by atoms with Crippen LogP contribution >= 0.6 is 24.0 Å². The predicted octanol–water partition coefficient (Wildman–Crippen LogP) is 7.21. The molecule has 1 aliphatic rings. The van der Waals surface area contributed by atoms with Crippen molar-refractivity contribution in [1.29, 1.82) is 0 Å². The van der Waals surface area contributed by atoms with Gasteiger partial charge in [0.25, 0.3) is 0 Å². The molecular formula is C32H31F3N6O2S2. The number of nitrogens with zero attached hydrogens (tertiary/aromatic N) is 5. The van der Waals surface area contributed by atoms with Gasteiger partial charge in [-0.15, -0.1) is 18.3 Å². The van der Waals surface area contributed by atoms with Crippen LogP contribution in [-0.4, -0.2) is 49.1 Å². The highest BCUT2D eigenvalue weighted by molar-refractivity contribution is 8.15. The van der Waals surface area contributed by atoms with Crippen LogP contribution in [-0.2, 0) is 11.2 Å². The first-order chi connectivity index (χ1) is 21.4. The van der Waals surface area contributed by atoms with Gasteiger partial charge in [0.1, 0.15) is 12.1 Å². The van der Waals surface area contributed by atoms with Crippen molar-refractivity contribution < 1.29 is 22.7 Å². The number of aromatic nitrogens is 3. The van der Waals surface area contributed by atoms with Gasteiger partial charge in [0.2, 0.25) is 5.91 Å². The highest BCUT2D eigenvalue weighted by atomic mass is 32.2. The predicted molar refractivity (Wildman–Crippen MR) is 175 cm³/mol. The van der Waals surface area contributed by atoms with Gasteiger partial charge in [-0.1, -0.05) is 55.9 Å². The first-order valence-corrected chi connectivity index (χ1v) is 15.6. The third-order valence-electron chi connectivity index (χ3n) is 6.94. The van der Waals surface area contributed by atoms with E-state index in [0.717, 1.165) is 27.9 Å². The van der Waals surface area contributed by atoms with Crippen molar-refractivity contribution in [3.05, 3.63) is 89.7 Å². The summed E-state index contributed by atoms with van der Waals surface area (Å²) in [4.78, 5) is 23.6. The number of thioether (sulfide) groups is 1. The lowest BCUT2D eigenvalue weighted by atomic mass is 9.99. The molecule has 2 heterocycles. The second kappa shape index (κ2) is 13.4. The van der Waals surface area contributed by atoms with Crippen molar-refractivity contribution in [2.75, 3.05) is 10.7 Å². The molecule has 0 aliphatic carbocycles. The van der Waals surface area contributed by atoms with Crippen LogP contribution in [0.3, 0.4) is 0 Å². The molecule has 13 heteroatoms. The maximum absolute atomic E-state index is 12.9. The van der Waals surface area contributed by atoms with Crippen molar-refractivity contribution in [3.63, 3.8) is 0 Å². The van der Waals surface area contributed by atoms with Gasteiger partial charge in [0.15, 0.2) is 16.1 Å². The van der Waals surface area contributed by atoms with Gasteiger partial charge in [-0.3, -0.25) is 9.69 Å². The number of ether oxygens (including phenoxy) is 1. The Kier molecular flexibility index (Phi) is 9.59. The van der Waals surface area contributed by atoms with Gasteiger partial charge in [-0.25, -0.2) is 9.67 Å². The molecule has 0 spiro atoms. The van der Waals surface area contributed by atoms with Crippen LogP contribution in [0.25, 0.3) is 17.1 Å². The van der Waals surface area contributed by atoms with E-state index in [2.05, 4.69) is 45.0 Å². The number of rotatable bonds is 8. The highest BCUT2D eigenvalue weighted by Gasteiger charge is 2.32. The molecule has 4 aromatic rings. The third-order valence-corrected chi connectivity index (χ3v) is 8.07. The molecule has 3 aromatic carbocycles. The van der Waals surface area contributed by atoms with Crippen molar-refractivity contribution in [2.24, 2.45) is 4.99 Å². The Morgan fingerprint density at radius 3 is 2.58 bits per heavy atom. The average Bonchev–Trinajstić information content (AvgIpc) is 3.59. The average molecular weight is 653 g/mol. The summed E-state index contributed by atoms with van der Waals surface area (Å²) >= 11 is 6.96. The number of aryl methyl sites for hydroxylation is 1. The van der Waals surface area contributed by atoms with Crippen LogP contribution in [0.2, 0.25) is 0 Å². The van der Waals surface area contributed by atoms with Crippen LogP contribution in [0.15, 0.2) is 78.0 Å². The van der Waals surface area contributed by atoms with Crippen molar-refractivity contribution in [1.82, 2.24) is 20.1 Å². The zero-order valence-electron chi connectivity index (χ0n) is 25.0. The molecule has 1 aliphatic heterocycles. The molecule has 0 radical (unpaired) electrons. The van der Waals surface area contributed by atoms with E-state index in [1.807, 2.05) is 50.2 Å². The molecule has 0 saturated carbocycles. The van der Waals surface area contributed by atoms with Crippen LogP contribution in [0.1, 0.15) is 43.4 Å². The number of halogens is 3. The zero-order chi connectivity index (χ0) is 32.3. The van der Waals surface area contributed by atoms with E-state index in [-0.39, 0.29) is 23.6 Å². The second-order valence-corrected chi connectivity index (χ2v) is 12.3. The van der Waals surface area contributed by atoms with E-state index in [1.54, 1.807) is 4.90 Å². The molecule has 5 rings (SSSR count). The van der Waals surface area contributed by atoms with Crippen molar-refractivity contribution in [3.8, 4) is 22.8 Å². The Bertz CT molecular complexity index is 1740. The fourth-order valence-corrected chi connectivity index (χ4v) is 6.12. The van der Waals surface area contributed by atoms with E-state index in [4.69, 9.17) is 12.2 Å². The Morgan fingerprint density at radius 1 is 1.11 bits per heavy atom. The van der Waals surface area contributed by atoms with Gasteiger partial charge in [-0.2, -0.15) is 4.99 Å². The summed E-state index contributed by atoms with van der Waals surface area (Å²) in [7, 11) is 0. The number of hydrogen-bond donors (Lipinski definition) is 1. The van der Waals surface area contributed by atoms with Crippen LogP contribution in [0, 0.1) is 6.92 Å². The molecule has 1 saturated heterocycles. The lowest BCUT2D eigenvalue weighted by molar-refractivity contribution is -0.274. The van der Waals surface area contributed by atoms with Crippen molar-refractivity contribution in [2.45, 2.75) is 52.4 Å². The van der Waals surface area contributed by atoms with Gasteiger partial charge in [-0.05, 0) is 91.5 Å². The normalized spacial score (nSPS) is 15.2. The molecule has 1 atom stereocenters. The van der Waals surface area contributed by atoms with E-state index in [0.29, 0.717) is 34.0 Å².